The van der Waals surface area contributed by atoms with E-state index in [9.17, 15) is 0 Å². The first-order valence-corrected chi connectivity index (χ1v) is 6.44. The summed E-state index contributed by atoms with van der Waals surface area (Å²) in [6.45, 7) is 5.53. The molecule has 88 valence electrons. The van der Waals surface area contributed by atoms with E-state index in [1.54, 1.807) is 0 Å². The number of pyridine rings is 1. The Kier molecular flexibility index (Phi) is 3.94. The van der Waals surface area contributed by atoms with E-state index in [0.29, 0.717) is 6.04 Å². The first kappa shape index (κ1) is 11.6. The van der Waals surface area contributed by atoms with Gasteiger partial charge in [-0.05, 0) is 62.3 Å². The van der Waals surface area contributed by atoms with Crippen LogP contribution in [0.2, 0.25) is 0 Å². The van der Waals surface area contributed by atoms with Crippen LogP contribution in [0.15, 0.2) is 18.5 Å². The minimum atomic E-state index is 0.682. The van der Waals surface area contributed by atoms with Gasteiger partial charge >= 0.3 is 0 Å². The van der Waals surface area contributed by atoms with E-state index in [2.05, 4.69) is 30.2 Å². The first-order chi connectivity index (χ1) is 7.81. The van der Waals surface area contributed by atoms with Crippen molar-refractivity contribution in [3.8, 4) is 0 Å². The highest BCUT2D eigenvalue weighted by molar-refractivity contribution is 5.23. The molecule has 1 aliphatic rings. The second-order valence-corrected chi connectivity index (χ2v) is 4.90. The Morgan fingerprint density at radius 2 is 2.31 bits per heavy atom. The molecule has 0 spiro atoms. The molecule has 0 saturated heterocycles. The van der Waals surface area contributed by atoms with Gasteiger partial charge < -0.3 is 5.32 Å². The number of hydrogen-bond donors (Lipinski definition) is 1. The van der Waals surface area contributed by atoms with Gasteiger partial charge in [0, 0.05) is 18.4 Å². The largest absolute Gasteiger partial charge is 0.313 e. The SMILES string of the molecule is CCCNC(Cc1ccncc1C)C1CC1. The number of aryl methyl sites for hydroxylation is 1. The summed E-state index contributed by atoms with van der Waals surface area (Å²) in [5.74, 6) is 0.916. The van der Waals surface area contributed by atoms with Crippen LogP contribution in [0.25, 0.3) is 0 Å². The number of rotatable bonds is 6. The summed E-state index contributed by atoms with van der Waals surface area (Å²) in [6.07, 6.45) is 9.08. The maximum absolute atomic E-state index is 4.15. The Hall–Kier alpha value is -0.890. The van der Waals surface area contributed by atoms with Crippen molar-refractivity contribution in [3.05, 3.63) is 29.6 Å². The third-order valence-electron chi connectivity index (χ3n) is 3.42. The lowest BCUT2D eigenvalue weighted by Crippen LogP contribution is -2.33. The van der Waals surface area contributed by atoms with Gasteiger partial charge in [0.05, 0.1) is 0 Å². The second-order valence-electron chi connectivity index (χ2n) is 4.90. The highest BCUT2D eigenvalue weighted by atomic mass is 14.9. The summed E-state index contributed by atoms with van der Waals surface area (Å²) in [5.41, 5.74) is 2.78. The topological polar surface area (TPSA) is 24.9 Å². The molecule has 1 fully saturated rings. The lowest BCUT2D eigenvalue weighted by Gasteiger charge is -2.18. The Labute approximate surface area is 98.5 Å². The van der Waals surface area contributed by atoms with Crippen molar-refractivity contribution < 1.29 is 0 Å². The van der Waals surface area contributed by atoms with Crippen molar-refractivity contribution in [2.45, 2.75) is 45.6 Å². The Balaban J connectivity index is 1.97. The predicted octanol–water partition coefficient (Wildman–Crippen LogP) is 2.71. The normalized spacial score (nSPS) is 17.4. The molecule has 1 heterocycles. The minimum absolute atomic E-state index is 0.682. The highest BCUT2D eigenvalue weighted by Gasteiger charge is 2.30. The molecule has 2 heteroatoms. The molecule has 1 aliphatic carbocycles. The van der Waals surface area contributed by atoms with E-state index in [1.165, 1.54) is 36.8 Å². The maximum Gasteiger partial charge on any atom is 0.0299 e. The monoisotopic (exact) mass is 218 g/mol. The maximum atomic E-state index is 4.15. The number of nitrogens with zero attached hydrogens (tertiary/aromatic N) is 1. The Morgan fingerprint density at radius 3 is 2.94 bits per heavy atom. The fourth-order valence-electron chi connectivity index (χ4n) is 2.20. The van der Waals surface area contributed by atoms with Crippen molar-refractivity contribution >= 4 is 0 Å². The molecule has 0 amide bonds. The Morgan fingerprint density at radius 1 is 1.50 bits per heavy atom. The molecule has 1 atom stereocenters. The van der Waals surface area contributed by atoms with E-state index < -0.39 is 0 Å². The van der Waals surface area contributed by atoms with Crippen molar-refractivity contribution in [1.29, 1.82) is 0 Å². The highest BCUT2D eigenvalue weighted by Crippen LogP contribution is 2.34. The molecule has 1 saturated carbocycles. The van der Waals surface area contributed by atoms with Crippen LogP contribution in [0.4, 0.5) is 0 Å². The molecule has 0 aromatic carbocycles. The zero-order valence-corrected chi connectivity index (χ0v) is 10.4. The van der Waals surface area contributed by atoms with Crippen LogP contribution in [0, 0.1) is 12.8 Å². The molecule has 1 aromatic rings. The standard InChI is InChI=1S/C14H22N2/c1-3-7-16-14(12-4-5-12)9-13-6-8-15-10-11(13)2/h6,8,10,12,14,16H,3-5,7,9H2,1-2H3. The molecule has 2 nitrogen and oxygen atoms in total. The van der Waals surface area contributed by atoms with E-state index >= 15 is 0 Å². The van der Waals surface area contributed by atoms with Crippen LogP contribution in [-0.4, -0.2) is 17.6 Å². The van der Waals surface area contributed by atoms with Crippen LogP contribution in [0.3, 0.4) is 0 Å². The van der Waals surface area contributed by atoms with Crippen molar-refractivity contribution in [2.24, 2.45) is 5.92 Å². The lowest BCUT2D eigenvalue weighted by molar-refractivity contribution is 0.459. The van der Waals surface area contributed by atoms with E-state index in [4.69, 9.17) is 0 Å². The average Bonchev–Trinajstić information content (AvgIpc) is 3.10. The quantitative estimate of drug-likeness (QED) is 0.794. The van der Waals surface area contributed by atoms with Gasteiger partial charge in [0.15, 0.2) is 0 Å². The van der Waals surface area contributed by atoms with Crippen LogP contribution in [0.1, 0.15) is 37.3 Å². The third kappa shape index (κ3) is 3.05. The van der Waals surface area contributed by atoms with Crippen molar-refractivity contribution in [1.82, 2.24) is 10.3 Å². The van der Waals surface area contributed by atoms with Crippen LogP contribution in [-0.2, 0) is 6.42 Å². The van der Waals surface area contributed by atoms with E-state index in [0.717, 1.165) is 12.5 Å². The third-order valence-corrected chi connectivity index (χ3v) is 3.42. The van der Waals surface area contributed by atoms with Gasteiger partial charge in [-0.2, -0.15) is 0 Å². The molecule has 16 heavy (non-hydrogen) atoms. The van der Waals surface area contributed by atoms with Gasteiger partial charge in [0.1, 0.15) is 0 Å². The average molecular weight is 218 g/mol. The first-order valence-electron chi connectivity index (χ1n) is 6.44. The van der Waals surface area contributed by atoms with Gasteiger partial charge in [0.2, 0.25) is 0 Å². The fraction of sp³-hybridized carbons (Fsp3) is 0.643. The van der Waals surface area contributed by atoms with Crippen LogP contribution < -0.4 is 5.32 Å². The molecule has 1 unspecified atom stereocenters. The van der Waals surface area contributed by atoms with Gasteiger partial charge in [0.25, 0.3) is 0 Å². The second kappa shape index (κ2) is 5.44. The van der Waals surface area contributed by atoms with Crippen molar-refractivity contribution in [3.63, 3.8) is 0 Å². The number of hydrogen-bond acceptors (Lipinski definition) is 2. The minimum Gasteiger partial charge on any atom is -0.313 e. The molecule has 1 aromatic heterocycles. The van der Waals surface area contributed by atoms with E-state index in [1.807, 2.05) is 12.4 Å². The smallest absolute Gasteiger partial charge is 0.0299 e. The summed E-state index contributed by atoms with van der Waals surface area (Å²) < 4.78 is 0. The van der Waals surface area contributed by atoms with Gasteiger partial charge in [-0.3, -0.25) is 4.98 Å². The van der Waals surface area contributed by atoms with Crippen LogP contribution in [0.5, 0.6) is 0 Å². The summed E-state index contributed by atoms with van der Waals surface area (Å²) in [7, 11) is 0. The van der Waals surface area contributed by atoms with Gasteiger partial charge in [-0.15, -0.1) is 0 Å². The Bertz CT molecular complexity index is 331. The van der Waals surface area contributed by atoms with Crippen molar-refractivity contribution in [2.75, 3.05) is 6.54 Å². The molecule has 0 radical (unpaired) electrons. The van der Waals surface area contributed by atoms with E-state index in [-0.39, 0.29) is 0 Å². The molecular weight excluding hydrogens is 196 g/mol. The van der Waals surface area contributed by atoms with Crippen LogP contribution >= 0.6 is 0 Å². The molecule has 1 N–H and O–H groups in total. The molecule has 0 aliphatic heterocycles. The summed E-state index contributed by atoms with van der Waals surface area (Å²) >= 11 is 0. The lowest BCUT2D eigenvalue weighted by atomic mass is 10.00. The predicted molar refractivity (Wildman–Crippen MR) is 67.5 cm³/mol. The summed E-state index contributed by atoms with van der Waals surface area (Å²) in [5, 5.41) is 3.69. The molecule has 2 rings (SSSR count). The zero-order valence-electron chi connectivity index (χ0n) is 10.4. The zero-order chi connectivity index (χ0) is 11.4. The van der Waals surface area contributed by atoms with Gasteiger partial charge in [-0.1, -0.05) is 6.92 Å². The number of nitrogens with one attached hydrogen (secondary N) is 1. The molecular formula is C14H22N2. The fourth-order valence-corrected chi connectivity index (χ4v) is 2.20. The number of aromatic nitrogens is 1. The van der Waals surface area contributed by atoms with Gasteiger partial charge in [-0.25, -0.2) is 0 Å². The summed E-state index contributed by atoms with van der Waals surface area (Å²) in [6, 6.07) is 2.85. The summed E-state index contributed by atoms with van der Waals surface area (Å²) in [4.78, 5) is 4.15. The molecule has 0 bridgehead atoms.